The van der Waals surface area contributed by atoms with Crippen LogP contribution in [0.2, 0.25) is 5.02 Å². The van der Waals surface area contributed by atoms with Crippen molar-refractivity contribution in [2.45, 2.75) is 0 Å². The maximum absolute atomic E-state index is 12.3. The predicted molar refractivity (Wildman–Crippen MR) is 84.2 cm³/mol. The van der Waals surface area contributed by atoms with Crippen molar-refractivity contribution < 1.29 is 13.2 Å². The Hall–Kier alpha value is -2.05. The number of carbonyl (C=O) groups is 1. The molecule has 0 amide bonds. The van der Waals surface area contributed by atoms with Crippen molar-refractivity contribution in [3.8, 4) is 0 Å². The van der Waals surface area contributed by atoms with Crippen molar-refractivity contribution in [3.05, 3.63) is 58.6 Å². The molecule has 0 saturated carbocycles. The van der Waals surface area contributed by atoms with E-state index in [2.05, 4.69) is 4.72 Å². The fourth-order valence-electron chi connectivity index (χ4n) is 1.78. The number of nitrogens with one attached hydrogen (secondary N) is 1. The largest absolute Gasteiger partial charge is 0.398 e. The van der Waals surface area contributed by atoms with E-state index in [1.165, 1.54) is 30.3 Å². The molecule has 3 N–H and O–H groups in total. The molecule has 7 heteroatoms. The van der Waals surface area contributed by atoms with Gasteiger partial charge in [-0.1, -0.05) is 11.6 Å². The van der Waals surface area contributed by atoms with Crippen LogP contribution in [0.15, 0.2) is 42.5 Å². The molecule has 0 radical (unpaired) electrons. The summed E-state index contributed by atoms with van der Waals surface area (Å²) in [5, 5.41) is 0.419. The lowest BCUT2D eigenvalue weighted by Gasteiger charge is -2.07. The zero-order valence-electron chi connectivity index (χ0n) is 11.1. The van der Waals surface area contributed by atoms with Gasteiger partial charge in [0.25, 0.3) is 0 Å². The summed E-state index contributed by atoms with van der Waals surface area (Å²) < 4.78 is 24.6. The van der Waals surface area contributed by atoms with Crippen LogP contribution in [-0.2, 0) is 10.0 Å². The quantitative estimate of drug-likeness (QED) is 0.668. The molecule has 2 aromatic carbocycles. The lowest BCUT2D eigenvalue weighted by Crippen LogP contribution is -2.10. The maximum atomic E-state index is 12.3. The molecule has 0 bridgehead atoms. The van der Waals surface area contributed by atoms with E-state index < -0.39 is 10.0 Å². The van der Waals surface area contributed by atoms with E-state index in [1.54, 1.807) is 12.1 Å². The number of anilines is 2. The van der Waals surface area contributed by atoms with Crippen LogP contribution in [0.5, 0.6) is 0 Å². The van der Waals surface area contributed by atoms with Crippen LogP contribution in [0.4, 0.5) is 11.4 Å². The summed E-state index contributed by atoms with van der Waals surface area (Å²) in [5.74, 6) is -0.277. The van der Waals surface area contributed by atoms with Crippen molar-refractivity contribution in [2.24, 2.45) is 0 Å². The second-order valence-corrected chi connectivity index (χ2v) is 6.70. The van der Waals surface area contributed by atoms with Crippen LogP contribution in [0.1, 0.15) is 15.9 Å². The van der Waals surface area contributed by atoms with Crippen LogP contribution in [-0.4, -0.2) is 20.5 Å². The van der Waals surface area contributed by atoms with Crippen molar-refractivity contribution in [3.63, 3.8) is 0 Å². The van der Waals surface area contributed by atoms with Gasteiger partial charge in [0.15, 0.2) is 5.78 Å². The number of carbonyl (C=O) groups excluding carboxylic acids is 1. The molecular weight excluding hydrogens is 312 g/mol. The van der Waals surface area contributed by atoms with Crippen molar-refractivity contribution in [2.75, 3.05) is 16.7 Å². The molecule has 110 valence electrons. The van der Waals surface area contributed by atoms with Gasteiger partial charge in [0.1, 0.15) is 0 Å². The van der Waals surface area contributed by atoms with E-state index in [4.69, 9.17) is 17.3 Å². The molecule has 0 fully saturated rings. The highest BCUT2D eigenvalue weighted by Gasteiger charge is 2.13. The van der Waals surface area contributed by atoms with Crippen LogP contribution >= 0.6 is 11.6 Å². The number of hydrogen-bond acceptors (Lipinski definition) is 4. The molecule has 2 aromatic rings. The van der Waals surface area contributed by atoms with Gasteiger partial charge in [0.2, 0.25) is 10.0 Å². The number of sulfonamides is 1. The Morgan fingerprint density at radius 1 is 1.14 bits per heavy atom. The molecule has 0 aromatic heterocycles. The summed E-state index contributed by atoms with van der Waals surface area (Å²) in [4.78, 5) is 12.3. The first-order chi connectivity index (χ1) is 9.76. The molecule has 21 heavy (non-hydrogen) atoms. The minimum absolute atomic E-state index is 0.277. The zero-order valence-corrected chi connectivity index (χ0v) is 12.7. The lowest BCUT2D eigenvalue weighted by molar-refractivity contribution is 0.103. The summed E-state index contributed by atoms with van der Waals surface area (Å²) >= 11 is 5.86. The van der Waals surface area contributed by atoms with E-state index in [0.29, 0.717) is 27.5 Å². The Kier molecular flexibility index (Phi) is 4.20. The third kappa shape index (κ3) is 3.96. The van der Waals surface area contributed by atoms with Crippen molar-refractivity contribution in [1.82, 2.24) is 0 Å². The average molecular weight is 325 g/mol. The number of hydrogen-bond donors (Lipinski definition) is 2. The number of nitrogen functional groups attached to an aromatic ring is 1. The van der Waals surface area contributed by atoms with Gasteiger partial charge in [-0.25, -0.2) is 8.42 Å². The first kappa shape index (κ1) is 15.3. The highest BCUT2D eigenvalue weighted by molar-refractivity contribution is 7.92. The maximum Gasteiger partial charge on any atom is 0.229 e. The van der Waals surface area contributed by atoms with Gasteiger partial charge in [-0.2, -0.15) is 0 Å². The van der Waals surface area contributed by atoms with E-state index in [-0.39, 0.29) is 5.78 Å². The van der Waals surface area contributed by atoms with Gasteiger partial charge < -0.3 is 5.73 Å². The minimum Gasteiger partial charge on any atom is -0.398 e. The summed E-state index contributed by atoms with van der Waals surface area (Å²) in [5.41, 5.74) is 7.19. The minimum atomic E-state index is -3.35. The van der Waals surface area contributed by atoms with Crippen LogP contribution in [0.25, 0.3) is 0 Å². The average Bonchev–Trinajstić information content (AvgIpc) is 2.40. The zero-order chi connectivity index (χ0) is 15.6. The topological polar surface area (TPSA) is 89.3 Å². The second-order valence-electron chi connectivity index (χ2n) is 4.51. The smallest absolute Gasteiger partial charge is 0.229 e. The molecule has 0 aliphatic heterocycles. The lowest BCUT2D eigenvalue weighted by atomic mass is 10.0. The molecule has 2 rings (SSSR count). The Morgan fingerprint density at radius 3 is 2.33 bits per heavy atom. The third-order valence-electron chi connectivity index (χ3n) is 2.71. The fraction of sp³-hybridized carbons (Fsp3) is 0.0714. The summed E-state index contributed by atoms with van der Waals surface area (Å²) in [6.45, 7) is 0. The first-order valence-electron chi connectivity index (χ1n) is 5.94. The number of halogens is 1. The molecule has 5 nitrogen and oxygen atoms in total. The van der Waals surface area contributed by atoms with E-state index >= 15 is 0 Å². The Balaban J connectivity index is 2.30. The summed E-state index contributed by atoms with van der Waals surface area (Å²) in [7, 11) is -3.35. The van der Waals surface area contributed by atoms with Crippen LogP contribution < -0.4 is 10.5 Å². The Labute approximate surface area is 127 Å². The van der Waals surface area contributed by atoms with Gasteiger partial charge in [0.05, 0.1) is 6.26 Å². The highest BCUT2D eigenvalue weighted by atomic mass is 35.5. The molecule has 0 aliphatic carbocycles. The van der Waals surface area contributed by atoms with Crippen LogP contribution in [0, 0.1) is 0 Å². The number of nitrogens with two attached hydrogens (primary N) is 1. The number of benzene rings is 2. The van der Waals surface area contributed by atoms with Crippen LogP contribution in [0.3, 0.4) is 0 Å². The molecule has 0 saturated heterocycles. The molecule has 0 aliphatic rings. The highest BCUT2D eigenvalue weighted by Crippen LogP contribution is 2.22. The van der Waals surface area contributed by atoms with E-state index in [1.807, 2.05) is 0 Å². The molecular formula is C14H13ClN2O3S. The number of ketones is 1. The first-order valence-corrected chi connectivity index (χ1v) is 8.21. The van der Waals surface area contributed by atoms with Gasteiger partial charge >= 0.3 is 0 Å². The second kappa shape index (κ2) is 5.75. The van der Waals surface area contributed by atoms with Gasteiger partial charge in [-0.05, 0) is 42.5 Å². The van der Waals surface area contributed by atoms with Gasteiger partial charge in [0, 0.05) is 27.5 Å². The summed E-state index contributed by atoms with van der Waals surface area (Å²) in [6.07, 6.45) is 1.05. The van der Waals surface area contributed by atoms with Crippen molar-refractivity contribution >= 4 is 38.8 Å². The predicted octanol–water partition coefficient (Wildman–Crippen LogP) is 2.52. The molecule has 0 atom stereocenters. The summed E-state index contributed by atoms with van der Waals surface area (Å²) in [6, 6.07) is 10.7. The van der Waals surface area contributed by atoms with Crippen molar-refractivity contribution in [1.29, 1.82) is 0 Å². The molecule has 0 heterocycles. The fourth-order valence-corrected chi connectivity index (χ4v) is 2.52. The van der Waals surface area contributed by atoms with E-state index in [9.17, 15) is 13.2 Å². The van der Waals surface area contributed by atoms with Gasteiger partial charge in [-0.15, -0.1) is 0 Å². The normalized spacial score (nSPS) is 11.1. The number of rotatable bonds is 4. The monoisotopic (exact) mass is 324 g/mol. The molecule has 0 spiro atoms. The third-order valence-corrected chi connectivity index (χ3v) is 3.55. The molecule has 0 unspecified atom stereocenters. The Bertz CT molecular complexity index is 786. The van der Waals surface area contributed by atoms with Gasteiger partial charge in [-0.3, -0.25) is 9.52 Å². The standard InChI is InChI=1S/C14H13ClN2O3S/c1-21(19,20)17-11-5-2-9(3-6-11)14(18)12-8-10(15)4-7-13(12)16/h2-8,17H,16H2,1H3. The SMILES string of the molecule is CS(=O)(=O)Nc1ccc(C(=O)c2cc(Cl)ccc2N)cc1. The van der Waals surface area contributed by atoms with E-state index in [0.717, 1.165) is 6.26 Å². The Morgan fingerprint density at radius 2 is 1.76 bits per heavy atom.